The highest BCUT2D eigenvalue weighted by Crippen LogP contribution is 2.13. The molecule has 0 aliphatic rings. The summed E-state index contributed by atoms with van der Waals surface area (Å²) in [5, 5.41) is 19.4. The zero-order valence-corrected chi connectivity index (χ0v) is 12.1. The van der Waals surface area contributed by atoms with Crippen LogP contribution in [0.2, 0.25) is 0 Å². The molecule has 114 valence electrons. The van der Waals surface area contributed by atoms with Crippen LogP contribution >= 0.6 is 15.9 Å². The van der Waals surface area contributed by atoms with Crippen molar-refractivity contribution in [1.29, 1.82) is 0 Å². The number of hydrogen-bond acceptors (Lipinski definition) is 5. The van der Waals surface area contributed by atoms with Crippen LogP contribution in [0.3, 0.4) is 0 Å². The highest BCUT2D eigenvalue weighted by Gasteiger charge is 2.20. The fraction of sp³-hybridized carbons (Fsp3) is 0.273. The normalized spacial score (nSPS) is 9.95. The van der Waals surface area contributed by atoms with Crippen molar-refractivity contribution in [1.82, 2.24) is 10.2 Å². The molecule has 0 aromatic carbocycles. The minimum atomic E-state index is -1.36. The van der Waals surface area contributed by atoms with E-state index in [2.05, 4.69) is 21.2 Å². The van der Waals surface area contributed by atoms with E-state index in [4.69, 9.17) is 14.6 Å². The molecule has 1 aromatic heterocycles. The van der Waals surface area contributed by atoms with Crippen LogP contribution in [0, 0.1) is 0 Å². The molecular formula is C11H11BrN2O7. The van der Waals surface area contributed by atoms with Crippen LogP contribution in [0.25, 0.3) is 0 Å². The molecule has 0 bridgehead atoms. The summed E-state index contributed by atoms with van der Waals surface area (Å²) in [7, 11) is 0. The largest absolute Gasteiger partial charge is 0.480 e. The molecule has 1 heterocycles. The van der Waals surface area contributed by atoms with Gasteiger partial charge in [-0.3, -0.25) is 19.2 Å². The molecule has 0 saturated carbocycles. The molecule has 1 rings (SSSR count). The van der Waals surface area contributed by atoms with Gasteiger partial charge in [0.15, 0.2) is 10.4 Å². The van der Waals surface area contributed by atoms with Crippen LogP contribution in [0.5, 0.6) is 0 Å². The maximum atomic E-state index is 11.7. The number of carboxylic acids is 2. The van der Waals surface area contributed by atoms with Crippen molar-refractivity contribution in [2.75, 3.05) is 19.6 Å². The van der Waals surface area contributed by atoms with E-state index in [1.165, 1.54) is 12.1 Å². The number of furan rings is 1. The van der Waals surface area contributed by atoms with E-state index in [9.17, 15) is 19.2 Å². The maximum Gasteiger partial charge on any atom is 0.323 e. The Bertz CT molecular complexity index is 553. The zero-order chi connectivity index (χ0) is 16.0. The molecule has 1 aromatic rings. The predicted octanol–water partition coefficient (Wildman–Crippen LogP) is -0.230. The smallest absolute Gasteiger partial charge is 0.323 e. The van der Waals surface area contributed by atoms with Gasteiger partial charge >= 0.3 is 11.9 Å². The topological polar surface area (TPSA) is 137 Å². The molecule has 21 heavy (non-hydrogen) atoms. The molecule has 0 aliphatic heterocycles. The zero-order valence-electron chi connectivity index (χ0n) is 10.5. The number of carbonyl (C=O) groups is 4. The van der Waals surface area contributed by atoms with Crippen molar-refractivity contribution >= 4 is 39.7 Å². The van der Waals surface area contributed by atoms with Crippen molar-refractivity contribution in [3.05, 3.63) is 22.6 Å². The second-order valence-corrected chi connectivity index (χ2v) is 4.61. The first-order chi connectivity index (χ1) is 9.79. The van der Waals surface area contributed by atoms with E-state index in [-0.39, 0.29) is 5.76 Å². The van der Waals surface area contributed by atoms with Gasteiger partial charge in [-0.15, -0.1) is 0 Å². The summed E-state index contributed by atoms with van der Waals surface area (Å²) in [6.45, 7) is -2.08. The summed E-state index contributed by atoms with van der Waals surface area (Å²) >= 11 is 3.01. The van der Waals surface area contributed by atoms with Crippen molar-refractivity contribution in [2.45, 2.75) is 0 Å². The van der Waals surface area contributed by atoms with E-state index in [0.29, 0.717) is 9.57 Å². The minimum Gasteiger partial charge on any atom is -0.480 e. The van der Waals surface area contributed by atoms with Gasteiger partial charge in [-0.25, -0.2) is 0 Å². The third kappa shape index (κ3) is 5.65. The van der Waals surface area contributed by atoms with Gasteiger partial charge in [0.25, 0.3) is 5.91 Å². The van der Waals surface area contributed by atoms with Gasteiger partial charge in [0.05, 0.1) is 6.54 Å². The Morgan fingerprint density at radius 2 is 1.71 bits per heavy atom. The highest BCUT2D eigenvalue weighted by molar-refractivity contribution is 9.10. The van der Waals surface area contributed by atoms with Crippen LogP contribution in [0.1, 0.15) is 10.6 Å². The Hall–Kier alpha value is -2.36. The fourth-order valence-corrected chi connectivity index (χ4v) is 1.66. The third-order valence-corrected chi connectivity index (χ3v) is 2.63. The van der Waals surface area contributed by atoms with E-state index in [1.807, 2.05) is 0 Å². The number of halogens is 1. The number of carbonyl (C=O) groups excluding carboxylic acids is 2. The Morgan fingerprint density at radius 3 is 2.14 bits per heavy atom. The summed E-state index contributed by atoms with van der Waals surface area (Å²) in [6, 6.07) is 2.86. The van der Waals surface area contributed by atoms with Gasteiger partial charge < -0.3 is 24.8 Å². The third-order valence-electron chi connectivity index (χ3n) is 2.20. The number of nitrogens with zero attached hydrogens (tertiary/aromatic N) is 1. The number of hydrogen-bond donors (Lipinski definition) is 3. The van der Waals surface area contributed by atoms with Crippen LogP contribution in [0.4, 0.5) is 0 Å². The summed E-state index contributed by atoms with van der Waals surface area (Å²) in [5.41, 5.74) is 0. The monoisotopic (exact) mass is 362 g/mol. The minimum absolute atomic E-state index is 0.0438. The molecule has 0 spiro atoms. The van der Waals surface area contributed by atoms with Gasteiger partial charge in [-0.05, 0) is 28.1 Å². The Labute approximate surface area is 126 Å². The lowest BCUT2D eigenvalue weighted by Crippen LogP contribution is -2.44. The van der Waals surface area contributed by atoms with Crippen LogP contribution in [0.15, 0.2) is 21.2 Å². The molecule has 9 nitrogen and oxygen atoms in total. The molecule has 10 heteroatoms. The van der Waals surface area contributed by atoms with Crippen molar-refractivity contribution in [3.63, 3.8) is 0 Å². The van der Waals surface area contributed by atoms with Crippen molar-refractivity contribution < 1.29 is 33.8 Å². The number of rotatable bonds is 7. The number of aliphatic carboxylic acids is 2. The molecule has 0 fully saturated rings. The van der Waals surface area contributed by atoms with Gasteiger partial charge in [0.1, 0.15) is 13.1 Å². The Balaban J connectivity index is 2.58. The van der Waals surface area contributed by atoms with Gasteiger partial charge in [0, 0.05) is 0 Å². The van der Waals surface area contributed by atoms with E-state index < -0.39 is 43.4 Å². The second-order valence-electron chi connectivity index (χ2n) is 3.82. The lowest BCUT2D eigenvalue weighted by Gasteiger charge is -2.18. The van der Waals surface area contributed by atoms with Gasteiger partial charge in [-0.1, -0.05) is 0 Å². The molecule has 2 amide bonds. The first-order valence-electron chi connectivity index (χ1n) is 5.54. The van der Waals surface area contributed by atoms with Crippen molar-refractivity contribution in [2.24, 2.45) is 0 Å². The van der Waals surface area contributed by atoms with Crippen LogP contribution < -0.4 is 5.32 Å². The van der Waals surface area contributed by atoms with E-state index in [0.717, 1.165) is 0 Å². The van der Waals surface area contributed by atoms with Crippen molar-refractivity contribution in [3.8, 4) is 0 Å². The molecule has 0 atom stereocenters. The first kappa shape index (κ1) is 16.7. The SMILES string of the molecule is O=C(O)CN(CC(=O)O)C(=O)CNC(=O)c1ccc(Br)o1. The van der Waals surface area contributed by atoms with Crippen LogP contribution in [-0.2, 0) is 14.4 Å². The maximum absolute atomic E-state index is 11.7. The number of nitrogens with one attached hydrogen (secondary N) is 1. The van der Waals surface area contributed by atoms with Gasteiger partial charge in [0.2, 0.25) is 5.91 Å². The summed E-state index contributed by atoms with van der Waals surface area (Å²) < 4.78 is 5.29. The molecular weight excluding hydrogens is 352 g/mol. The van der Waals surface area contributed by atoms with Crippen LogP contribution in [-0.4, -0.2) is 58.5 Å². The molecule has 0 radical (unpaired) electrons. The Morgan fingerprint density at radius 1 is 1.14 bits per heavy atom. The molecule has 0 saturated heterocycles. The lowest BCUT2D eigenvalue weighted by molar-refractivity contribution is -0.148. The molecule has 0 aliphatic carbocycles. The summed E-state index contributed by atoms with van der Waals surface area (Å²) in [6.07, 6.45) is 0. The second kappa shape index (κ2) is 7.43. The molecule has 0 unspecified atom stereocenters. The number of amides is 2. The predicted molar refractivity (Wildman–Crippen MR) is 70.6 cm³/mol. The number of carboxylic acid groups (broad SMARTS) is 2. The summed E-state index contributed by atoms with van der Waals surface area (Å²) in [4.78, 5) is 45.0. The van der Waals surface area contributed by atoms with E-state index in [1.54, 1.807) is 0 Å². The first-order valence-corrected chi connectivity index (χ1v) is 6.33. The molecule has 3 N–H and O–H groups in total. The van der Waals surface area contributed by atoms with E-state index >= 15 is 0 Å². The fourth-order valence-electron chi connectivity index (χ4n) is 1.35. The average Bonchev–Trinajstić information content (AvgIpc) is 2.80. The quantitative estimate of drug-likeness (QED) is 0.608. The Kier molecular flexibility index (Phi) is 5.91. The highest BCUT2D eigenvalue weighted by atomic mass is 79.9. The average molecular weight is 363 g/mol. The van der Waals surface area contributed by atoms with Gasteiger partial charge in [-0.2, -0.15) is 0 Å². The summed E-state index contributed by atoms with van der Waals surface area (Å²) in [5.74, 6) is -4.27. The standard InChI is InChI=1S/C11H11BrN2O7/c12-7-2-1-6(21-7)11(20)13-3-8(15)14(4-9(16)17)5-10(18)19/h1-2H,3-5H2,(H,13,20)(H,16,17)(H,18,19). The lowest BCUT2D eigenvalue weighted by atomic mass is 10.4.